The molecule has 162 valence electrons. The van der Waals surface area contributed by atoms with Crippen molar-refractivity contribution in [1.82, 2.24) is 20.0 Å². The third-order valence-corrected chi connectivity index (χ3v) is 6.53. The van der Waals surface area contributed by atoms with Crippen molar-refractivity contribution in [2.75, 3.05) is 38.2 Å². The second-order valence-electron chi connectivity index (χ2n) is 9.05. The minimum absolute atomic E-state index is 0.224. The van der Waals surface area contributed by atoms with Gasteiger partial charge in [0.15, 0.2) is 0 Å². The van der Waals surface area contributed by atoms with Crippen molar-refractivity contribution < 1.29 is 14.1 Å². The number of methoxy groups -OCH3 is 1. The first-order chi connectivity index (χ1) is 14.2. The number of piperidine rings is 1. The Balaban J connectivity index is 1.59. The molecule has 4 heterocycles. The van der Waals surface area contributed by atoms with E-state index in [4.69, 9.17) is 19.2 Å². The van der Waals surface area contributed by atoms with Gasteiger partial charge in [0.05, 0.1) is 24.1 Å². The molecule has 0 saturated carbocycles. The summed E-state index contributed by atoms with van der Waals surface area (Å²) in [6.45, 7) is 13.6. The number of rotatable bonds is 3. The lowest BCUT2D eigenvalue weighted by atomic mass is 9.72. The molecule has 2 aromatic heterocycles. The molecule has 0 N–H and O–H groups in total. The first kappa shape index (κ1) is 20.6. The molecule has 30 heavy (non-hydrogen) atoms. The highest BCUT2D eigenvalue weighted by atomic mass is 16.5. The summed E-state index contributed by atoms with van der Waals surface area (Å²) in [7, 11) is 1.44. The van der Waals surface area contributed by atoms with E-state index in [-0.39, 0.29) is 17.4 Å². The molecule has 2 aliphatic rings. The van der Waals surface area contributed by atoms with Gasteiger partial charge in [0.2, 0.25) is 0 Å². The fraction of sp³-hybridized carbons (Fsp3) is 0.636. The third-order valence-electron chi connectivity index (χ3n) is 6.53. The number of amides is 1. The Morgan fingerprint density at radius 3 is 2.33 bits per heavy atom. The Hall–Kier alpha value is -2.64. The van der Waals surface area contributed by atoms with Crippen LogP contribution in [0.5, 0.6) is 0 Å². The number of anilines is 1. The van der Waals surface area contributed by atoms with Gasteiger partial charge in [-0.3, -0.25) is 0 Å². The van der Waals surface area contributed by atoms with E-state index in [9.17, 15) is 4.79 Å². The molecule has 2 aliphatic heterocycles. The predicted molar refractivity (Wildman–Crippen MR) is 114 cm³/mol. The van der Waals surface area contributed by atoms with E-state index in [0.29, 0.717) is 0 Å². The van der Waals surface area contributed by atoms with E-state index >= 15 is 0 Å². The maximum atomic E-state index is 11.8. The van der Waals surface area contributed by atoms with Gasteiger partial charge in [-0.15, -0.1) is 0 Å². The number of hydrogen-bond acceptors (Lipinski definition) is 7. The smallest absolute Gasteiger partial charge is 0.409 e. The molecular weight excluding hydrogens is 382 g/mol. The zero-order valence-electron chi connectivity index (χ0n) is 18.8. The molecule has 2 fully saturated rings. The molecule has 8 nitrogen and oxygen atoms in total. The van der Waals surface area contributed by atoms with Gasteiger partial charge < -0.3 is 19.1 Å². The molecule has 8 heteroatoms. The third kappa shape index (κ3) is 3.42. The van der Waals surface area contributed by atoms with Crippen molar-refractivity contribution in [1.29, 1.82) is 0 Å². The van der Waals surface area contributed by atoms with Crippen LogP contribution in [-0.4, -0.2) is 59.4 Å². The molecule has 1 spiro atoms. The number of aromatic nitrogens is 3. The highest BCUT2D eigenvalue weighted by molar-refractivity contribution is 5.72. The quantitative estimate of drug-likeness (QED) is 0.755. The van der Waals surface area contributed by atoms with E-state index in [1.807, 2.05) is 13.8 Å². The van der Waals surface area contributed by atoms with Gasteiger partial charge in [-0.1, -0.05) is 19.0 Å². The van der Waals surface area contributed by atoms with Crippen molar-refractivity contribution >= 4 is 11.9 Å². The SMILES string of the molecule is COC(=O)N1CCC2(CC1)CN(c1nc(C(C)C)nc(-c3c(C)noc3C)c1C)C2. The van der Waals surface area contributed by atoms with Crippen LogP contribution in [0.15, 0.2) is 4.52 Å². The van der Waals surface area contributed by atoms with Gasteiger partial charge in [-0.25, -0.2) is 14.8 Å². The Morgan fingerprint density at radius 2 is 1.80 bits per heavy atom. The van der Waals surface area contributed by atoms with Gasteiger partial charge in [-0.05, 0) is 33.6 Å². The monoisotopic (exact) mass is 413 g/mol. The zero-order chi connectivity index (χ0) is 21.6. The summed E-state index contributed by atoms with van der Waals surface area (Å²) >= 11 is 0. The summed E-state index contributed by atoms with van der Waals surface area (Å²) in [6.07, 6.45) is 1.77. The Morgan fingerprint density at radius 1 is 1.13 bits per heavy atom. The lowest BCUT2D eigenvalue weighted by molar-refractivity contribution is 0.0621. The molecule has 0 unspecified atom stereocenters. The minimum atomic E-state index is -0.224. The molecule has 0 atom stereocenters. The molecule has 2 aromatic rings. The molecule has 4 rings (SSSR count). The van der Waals surface area contributed by atoms with Crippen LogP contribution in [0, 0.1) is 26.2 Å². The highest BCUT2D eigenvalue weighted by Gasteiger charge is 2.46. The van der Waals surface area contributed by atoms with Crippen LogP contribution in [-0.2, 0) is 4.74 Å². The molecule has 2 saturated heterocycles. The summed E-state index contributed by atoms with van der Waals surface area (Å²) in [5.74, 6) is 2.85. The summed E-state index contributed by atoms with van der Waals surface area (Å²) < 4.78 is 10.3. The van der Waals surface area contributed by atoms with Gasteiger partial charge in [-0.2, -0.15) is 0 Å². The fourth-order valence-electron chi connectivity index (χ4n) is 4.67. The average molecular weight is 414 g/mol. The van der Waals surface area contributed by atoms with E-state index < -0.39 is 0 Å². The van der Waals surface area contributed by atoms with E-state index in [1.54, 1.807) is 4.90 Å². The van der Waals surface area contributed by atoms with E-state index in [1.165, 1.54) is 7.11 Å². The van der Waals surface area contributed by atoms with Gasteiger partial charge in [0.25, 0.3) is 0 Å². The molecule has 0 aromatic carbocycles. The second-order valence-corrected chi connectivity index (χ2v) is 9.05. The fourth-order valence-corrected chi connectivity index (χ4v) is 4.67. The van der Waals surface area contributed by atoms with Crippen molar-refractivity contribution in [2.24, 2.45) is 5.41 Å². The minimum Gasteiger partial charge on any atom is -0.453 e. The lowest BCUT2D eigenvalue weighted by Gasteiger charge is -2.54. The topological polar surface area (TPSA) is 84.6 Å². The van der Waals surface area contributed by atoms with Crippen LogP contribution in [0.3, 0.4) is 0 Å². The summed E-state index contributed by atoms with van der Waals surface area (Å²) in [6, 6.07) is 0. The first-order valence-corrected chi connectivity index (χ1v) is 10.6. The number of carbonyl (C=O) groups is 1. The normalized spacial score (nSPS) is 18.1. The van der Waals surface area contributed by atoms with Crippen LogP contribution >= 0.6 is 0 Å². The molecule has 0 radical (unpaired) electrons. The number of ether oxygens (including phenoxy) is 1. The number of aryl methyl sites for hydroxylation is 2. The summed E-state index contributed by atoms with van der Waals surface area (Å²) in [5.41, 5.74) is 4.06. The first-order valence-electron chi connectivity index (χ1n) is 10.6. The van der Waals surface area contributed by atoms with E-state index in [2.05, 4.69) is 30.8 Å². The lowest BCUT2D eigenvalue weighted by Crippen LogP contribution is -2.61. The van der Waals surface area contributed by atoms with Crippen molar-refractivity contribution in [2.45, 2.75) is 53.4 Å². The van der Waals surface area contributed by atoms with Gasteiger partial charge in [0, 0.05) is 43.1 Å². The van der Waals surface area contributed by atoms with Crippen LogP contribution in [0.2, 0.25) is 0 Å². The van der Waals surface area contributed by atoms with Crippen molar-refractivity contribution in [3.8, 4) is 11.3 Å². The Bertz CT molecular complexity index is 932. The van der Waals surface area contributed by atoms with Gasteiger partial charge >= 0.3 is 6.09 Å². The Labute approximate surface area is 177 Å². The zero-order valence-corrected chi connectivity index (χ0v) is 18.8. The number of carbonyl (C=O) groups excluding carboxylic acids is 1. The molecule has 0 bridgehead atoms. The highest BCUT2D eigenvalue weighted by Crippen LogP contribution is 2.44. The van der Waals surface area contributed by atoms with Crippen LogP contribution in [0.25, 0.3) is 11.3 Å². The standard InChI is InChI=1S/C22H31N5O3/c1-13(2)19-23-18(17-15(4)25-30-16(17)5)14(3)20(24-19)27-11-22(12-27)7-9-26(10-8-22)21(28)29-6/h13H,7-12H2,1-6H3. The number of hydrogen-bond donors (Lipinski definition) is 0. The molecule has 1 amide bonds. The van der Waals surface area contributed by atoms with Crippen molar-refractivity contribution in [3.05, 3.63) is 22.8 Å². The van der Waals surface area contributed by atoms with Crippen LogP contribution in [0.1, 0.15) is 55.4 Å². The summed E-state index contributed by atoms with van der Waals surface area (Å²) in [4.78, 5) is 25.8. The van der Waals surface area contributed by atoms with Crippen LogP contribution in [0.4, 0.5) is 10.6 Å². The molecular formula is C22H31N5O3. The van der Waals surface area contributed by atoms with Gasteiger partial charge in [0.1, 0.15) is 17.4 Å². The maximum absolute atomic E-state index is 11.8. The number of nitrogens with zero attached hydrogens (tertiary/aromatic N) is 5. The van der Waals surface area contributed by atoms with Crippen molar-refractivity contribution in [3.63, 3.8) is 0 Å². The predicted octanol–water partition coefficient (Wildman–Crippen LogP) is 3.85. The molecule has 0 aliphatic carbocycles. The Kier molecular flexibility index (Phi) is 5.20. The van der Waals surface area contributed by atoms with Crippen LogP contribution < -0.4 is 4.90 Å². The average Bonchev–Trinajstić information content (AvgIpc) is 3.04. The summed E-state index contributed by atoms with van der Waals surface area (Å²) in [5, 5.41) is 4.12. The maximum Gasteiger partial charge on any atom is 0.409 e. The largest absolute Gasteiger partial charge is 0.453 e. The number of likely N-dealkylation sites (tertiary alicyclic amines) is 1. The van der Waals surface area contributed by atoms with E-state index in [0.717, 1.165) is 78.9 Å². The second kappa shape index (κ2) is 7.56.